The number of hydrogen-bond donors (Lipinski definition) is 1. The molecule has 0 fully saturated rings. The molecule has 0 saturated carbocycles. The Bertz CT molecular complexity index is 357. The van der Waals surface area contributed by atoms with Crippen molar-refractivity contribution in [3.05, 3.63) is 23.2 Å². The average molecular weight is 248 g/mol. The first-order valence-electron chi connectivity index (χ1n) is 4.57. The minimum atomic E-state index is -1.10. The van der Waals surface area contributed by atoms with E-state index in [9.17, 15) is 4.21 Å². The highest BCUT2D eigenvalue weighted by molar-refractivity contribution is 7.85. The molecule has 0 spiro atoms. The highest BCUT2D eigenvalue weighted by Gasteiger charge is 2.08. The molecule has 0 aliphatic heterocycles. The molecule has 1 aromatic rings. The van der Waals surface area contributed by atoms with Gasteiger partial charge in [-0.2, -0.15) is 0 Å². The predicted molar refractivity (Wildman–Crippen MR) is 63.6 cm³/mol. The van der Waals surface area contributed by atoms with Gasteiger partial charge in [-0.05, 0) is 24.6 Å². The van der Waals surface area contributed by atoms with Crippen LogP contribution in [0.3, 0.4) is 0 Å². The first-order chi connectivity index (χ1) is 7.15. The van der Waals surface area contributed by atoms with E-state index in [0.29, 0.717) is 28.0 Å². The van der Waals surface area contributed by atoms with E-state index in [1.165, 1.54) is 0 Å². The second-order valence-corrected chi connectivity index (χ2v) is 5.05. The van der Waals surface area contributed by atoms with Crippen LogP contribution < -0.4 is 5.73 Å². The number of methoxy groups -OCH3 is 1. The van der Waals surface area contributed by atoms with E-state index >= 15 is 0 Å². The molecule has 15 heavy (non-hydrogen) atoms. The van der Waals surface area contributed by atoms with Crippen molar-refractivity contribution in [2.24, 2.45) is 0 Å². The lowest BCUT2D eigenvalue weighted by molar-refractivity contribution is 0.200. The standard InChI is InChI=1S/C10H14ClNO2S/c1-14-5-2-6-15(13)10-7-8(11)3-4-9(10)12/h3-4,7H,2,5-6,12H2,1H3. The summed E-state index contributed by atoms with van der Waals surface area (Å²) in [6.07, 6.45) is 0.745. The zero-order chi connectivity index (χ0) is 11.3. The van der Waals surface area contributed by atoms with Crippen LogP contribution in [0.15, 0.2) is 23.1 Å². The molecule has 0 bridgehead atoms. The van der Waals surface area contributed by atoms with Gasteiger partial charge in [0.25, 0.3) is 0 Å². The molecular formula is C10H14ClNO2S. The number of nitrogen functional groups attached to an aromatic ring is 1. The van der Waals surface area contributed by atoms with E-state index in [1.54, 1.807) is 25.3 Å². The number of hydrogen-bond acceptors (Lipinski definition) is 3. The van der Waals surface area contributed by atoms with Crippen molar-refractivity contribution >= 4 is 28.1 Å². The van der Waals surface area contributed by atoms with E-state index in [0.717, 1.165) is 6.42 Å². The Balaban J connectivity index is 2.68. The van der Waals surface area contributed by atoms with Crippen molar-refractivity contribution < 1.29 is 8.95 Å². The van der Waals surface area contributed by atoms with Crippen LogP contribution in [0, 0.1) is 0 Å². The van der Waals surface area contributed by atoms with Gasteiger partial charge >= 0.3 is 0 Å². The maximum atomic E-state index is 11.8. The molecule has 2 N–H and O–H groups in total. The number of ether oxygens (including phenoxy) is 1. The van der Waals surface area contributed by atoms with E-state index < -0.39 is 10.8 Å². The predicted octanol–water partition coefficient (Wildman–Crippen LogP) is 2.07. The van der Waals surface area contributed by atoms with Crippen LogP contribution in [0.4, 0.5) is 5.69 Å². The van der Waals surface area contributed by atoms with Crippen LogP contribution in [-0.4, -0.2) is 23.7 Å². The normalized spacial score (nSPS) is 12.7. The Kier molecular flexibility index (Phi) is 5.08. The van der Waals surface area contributed by atoms with Gasteiger partial charge in [0.05, 0.1) is 15.7 Å². The van der Waals surface area contributed by atoms with Crippen LogP contribution >= 0.6 is 11.6 Å². The Morgan fingerprint density at radius 2 is 2.27 bits per heavy atom. The summed E-state index contributed by atoms with van der Waals surface area (Å²) in [6.45, 7) is 0.603. The summed E-state index contributed by atoms with van der Waals surface area (Å²) in [7, 11) is 0.526. The molecule has 3 nitrogen and oxygen atoms in total. The molecule has 0 amide bonds. The minimum Gasteiger partial charge on any atom is -0.398 e. The first-order valence-corrected chi connectivity index (χ1v) is 6.27. The fourth-order valence-corrected chi connectivity index (χ4v) is 2.58. The van der Waals surface area contributed by atoms with Crippen molar-refractivity contribution in [2.45, 2.75) is 11.3 Å². The minimum absolute atomic E-state index is 0.523. The molecule has 1 rings (SSSR count). The lowest BCUT2D eigenvalue weighted by atomic mass is 10.3. The van der Waals surface area contributed by atoms with Gasteiger partial charge in [-0.25, -0.2) is 0 Å². The quantitative estimate of drug-likeness (QED) is 0.640. The third kappa shape index (κ3) is 3.81. The van der Waals surface area contributed by atoms with E-state index in [1.807, 2.05) is 0 Å². The van der Waals surface area contributed by atoms with Gasteiger partial charge in [0, 0.05) is 30.2 Å². The van der Waals surface area contributed by atoms with Crippen LogP contribution in [0.25, 0.3) is 0 Å². The zero-order valence-electron chi connectivity index (χ0n) is 8.53. The second-order valence-electron chi connectivity index (χ2n) is 3.08. The monoisotopic (exact) mass is 247 g/mol. The number of rotatable bonds is 5. The third-order valence-corrected chi connectivity index (χ3v) is 3.64. The first kappa shape index (κ1) is 12.5. The summed E-state index contributed by atoms with van der Waals surface area (Å²) in [5.74, 6) is 0.540. The maximum Gasteiger partial charge on any atom is 0.0632 e. The SMILES string of the molecule is COCCCS(=O)c1cc(Cl)ccc1N. The van der Waals surface area contributed by atoms with Gasteiger partial charge in [0.1, 0.15) is 0 Å². The van der Waals surface area contributed by atoms with Gasteiger partial charge in [-0.3, -0.25) is 4.21 Å². The molecule has 0 heterocycles. The van der Waals surface area contributed by atoms with E-state index in [2.05, 4.69) is 0 Å². The highest BCUT2D eigenvalue weighted by Crippen LogP contribution is 2.21. The molecule has 84 valence electrons. The lowest BCUT2D eigenvalue weighted by Crippen LogP contribution is -2.04. The summed E-state index contributed by atoms with van der Waals surface area (Å²) in [4.78, 5) is 0.610. The summed E-state index contributed by atoms with van der Waals surface area (Å²) in [5.41, 5.74) is 6.23. The third-order valence-electron chi connectivity index (χ3n) is 1.90. The molecule has 0 radical (unpaired) electrons. The summed E-state index contributed by atoms with van der Waals surface area (Å²) >= 11 is 5.81. The van der Waals surface area contributed by atoms with Crippen molar-refractivity contribution in [3.8, 4) is 0 Å². The topological polar surface area (TPSA) is 52.3 Å². The molecule has 0 aliphatic rings. The fraction of sp³-hybridized carbons (Fsp3) is 0.400. The van der Waals surface area contributed by atoms with Gasteiger partial charge in [-0.1, -0.05) is 11.6 Å². The Morgan fingerprint density at radius 1 is 1.53 bits per heavy atom. The smallest absolute Gasteiger partial charge is 0.0632 e. The molecular weight excluding hydrogens is 234 g/mol. The fourth-order valence-electron chi connectivity index (χ4n) is 1.15. The molecule has 1 unspecified atom stereocenters. The number of anilines is 1. The van der Waals surface area contributed by atoms with Crippen molar-refractivity contribution in [1.82, 2.24) is 0 Å². The van der Waals surface area contributed by atoms with Crippen LogP contribution in [0.1, 0.15) is 6.42 Å². The van der Waals surface area contributed by atoms with Gasteiger partial charge in [0.15, 0.2) is 0 Å². The molecule has 0 aromatic heterocycles. The average Bonchev–Trinajstić information content (AvgIpc) is 2.22. The van der Waals surface area contributed by atoms with Crippen LogP contribution in [-0.2, 0) is 15.5 Å². The van der Waals surface area contributed by atoms with Crippen LogP contribution in [0.2, 0.25) is 5.02 Å². The van der Waals surface area contributed by atoms with E-state index in [4.69, 9.17) is 22.1 Å². The molecule has 0 aliphatic carbocycles. The lowest BCUT2D eigenvalue weighted by Gasteiger charge is -2.05. The van der Waals surface area contributed by atoms with Crippen molar-refractivity contribution in [3.63, 3.8) is 0 Å². The molecule has 1 atom stereocenters. The highest BCUT2D eigenvalue weighted by atomic mass is 35.5. The molecule has 1 aromatic carbocycles. The van der Waals surface area contributed by atoms with Crippen molar-refractivity contribution in [2.75, 3.05) is 25.2 Å². The van der Waals surface area contributed by atoms with Gasteiger partial charge in [0.2, 0.25) is 0 Å². The summed E-state index contributed by atoms with van der Waals surface area (Å²) in [5, 5.41) is 0.555. The number of halogens is 1. The van der Waals surface area contributed by atoms with Crippen LogP contribution in [0.5, 0.6) is 0 Å². The Morgan fingerprint density at radius 3 is 2.93 bits per heavy atom. The Hall–Kier alpha value is -0.580. The van der Waals surface area contributed by atoms with Gasteiger partial charge < -0.3 is 10.5 Å². The largest absolute Gasteiger partial charge is 0.398 e. The molecule has 0 saturated heterocycles. The number of benzene rings is 1. The molecule has 5 heteroatoms. The number of nitrogens with two attached hydrogens (primary N) is 1. The summed E-state index contributed by atoms with van der Waals surface area (Å²) in [6, 6.07) is 5.01. The maximum absolute atomic E-state index is 11.8. The van der Waals surface area contributed by atoms with E-state index in [-0.39, 0.29) is 0 Å². The van der Waals surface area contributed by atoms with Gasteiger partial charge in [-0.15, -0.1) is 0 Å². The second kappa shape index (κ2) is 6.10. The zero-order valence-corrected chi connectivity index (χ0v) is 10.1. The van der Waals surface area contributed by atoms with Crippen molar-refractivity contribution in [1.29, 1.82) is 0 Å². The summed E-state index contributed by atoms with van der Waals surface area (Å²) < 4.78 is 16.7. The Labute approximate surface area is 97.0 Å².